The van der Waals surface area contributed by atoms with E-state index in [2.05, 4.69) is 16.2 Å². The molecule has 0 amide bonds. The minimum atomic E-state index is -4.39. The van der Waals surface area contributed by atoms with Gasteiger partial charge in [0.05, 0.1) is 12.0 Å². The number of benzene rings is 1. The molecule has 30 heavy (non-hydrogen) atoms. The average molecular weight is 440 g/mol. The predicted octanol–water partition coefficient (Wildman–Crippen LogP) is 4.64. The first-order valence-corrected chi connectivity index (χ1v) is 10.4. The monoisotopic (exact) mass is 439 g/mol. The fraction of sp³-hybridized carbons (Fsp3) is 0.429. The summed E-state index contributed by atoms with van der Waals surface area (Å²) < 4.78 is 40.5. The first-order chi connectivity index (χ1) is 14.1. The van der Waals surface area contributed by atoms with Gasteiger partial charge in [0.1, 0.15) is 5.82 Å². The summed E-state index contributed by atoms with van der Waals surface area (Å²) >= 11 is 1.58. The number of alkyl halides is 3. The number of carboxylic acid groups (broad SMARTS) is 1. The number of aliphatic carboxylic acids is 1. The van der Waals surface area contributed by atoms with Crippen molar-refractivity contribution >= 4 is 23.7 Å². The fourth-order valence-electron chi connectivity index (χ4n) is 3.34. The van der Waals surface area contributed by atoms with Crippen LogP contribution in [0.15, 0.2) is 41.4 Å². The molecule has 1 aliphatic heterocycles. The summed E-state index contributed by atoms with van der Waals surface area (Å²) in [6.07, 6.45) is -2.68. The molecule has 0 bridgehead atoms. The first kappa shape index (κ1) is 22.4. The molecule has 1 fully saturated rings. The van der Waals surface area contributed by atoms with Crippen LogP contribution >= 0.6 is 11.9 Å². The number of carboxylic acids is 1. The van der Waals surface area contributed by atoms with Crippen molar-refractivity contribution in [3.63, 3.8) is 0 Å². The normalized spacial score (nSPS) is 18.3. The van der Waals surface area contributed by atoms with Crippen molar-refractivity contribution in [2.45, 2.75) is 43.8 Å². The maximum absolute atomic E-state index is 12.8. The Labute approximate surface area is 178 Å². The minimum Gasteiger partial charge on any atom is -0.481 e. The minimum absolute atomic E-state index is 0.0108. The van der Waals surface area contributed by atoms with Gasteiger partial charge in [-0.05, 0) is 67.6 Å². The number of aryl methyl sites for hydroxylation is 1. The van der Waals surface area contributed by atoms with Crippen LogP contribution in [0.1, 0.15) is 30.0 Å². The summed E-state index contributed by atoms with van der Waals surface area (Å²) in [6.45, 7) is 6.06. The van der Waals surface area contributed by atoms with Crippen LogP contribution in [0.3, 0.4) is 0 Å². The largest absolute Gasteiger partial charge is 0.481 e. The number of rotatable bonds is 5. The van der Waals surface area contributed by atoms with E-state index in [1.165, 1.54) is 6.07 Å². The summed E-state index contributed by atoms with van der Waals surface area (Å²) in [5, 5.41) is 9.09. The summed E-state index contributed by atoms with van der Waals surface area (Å²) in [4.78, 5) is 18.1. The SMILES string of the molecule is Cc1ccc(SN2CCN(c3ccc(C(F)(F)F)cn3)CCC2C)cc1CC(=O)O. The van der Waals surface area contributed by atoms with Crippen molar-refractivity contribution in [3.05, 3.63) is 53.2 Å². The molecule has 162 valence electrons. The Bertz CT molecular complexity index is 890. The third-order valence-corrected chi connectivity index (χ3v) is 6.42. The molecule has 0 spiro atoms. The van der Waals surface area contributed by atoms with Crippen LogP contribution in [0, 0.1) is 6.92 Å². The van der Waals surface area contributed by atoms with Gasteiger partial charge < -0.3 is 10.0 Å². The second-order valence-electron chi connectivity index (χ2n) is 7.42. The van der Waals surface area contributed by atoms with Crippen molar-refractivity contribution in [2.75, 3.05) is 24.5 Å². The molecular weight excluding hydrogens is 415 g/mol. The van der Waals surface area contributed by atoms with E-state index >= 15 is 0 Å². The van der Waals surface area contributed by atoms with Gasteiger partial charge in [-0.15, -0.1) is 0 Å². The smallest absolute Gasteiger partial charge is 0.417 e. The number of halogens is 3. The third-order valence-electron chi connectivity index (χ3n) is 5.18. The van der Waals surface area contributed by atoms with Gasteiger partial charge in [-0.1, -0.05) is 6.07 Å². The summed E-state index contributed by atoms with van der Waals surface area (Å²) in [5.74, 6) is -0.316. The van der Waals surface area contributed by atoms with E-state index < -0.39 is 17.7 Å². The number of hydrogen-bond acceptors (Lipinski definition) is 5. The maximum atomic E-state index is 12.8. The van der Waals surface area contributed by atoms with Gasteiger partial charge >= 0.3 is 12.1 Å². The van der Waals surface area contributed by atoms with Crippen LogP contribution < -0.4 is 4.90 Å². The lowest BCUT2D eigenvalue weighted by molar-refractivity contribution is -0.138. The zero-order valence-electron chi connectivity index (χ0n) is 16.8. The zero-order chi connectivity index (χ0) is 21.9. The molecule has 0 saturated carbocycles. The molecule has 1 saturated heterocycles. The van der Waals surface area contributed by atoms with E-state index in [4.69, 9.17) is 5.11 Å². The fourth-order valence-corrected chi connectivity index (χ4v) is 4.39. The van der Waals surface area contributed by atoms with Crippen LogP contribution in [0.4, 0.5) is 19.0 Å². The number of anilines is 1. The quantitative estimate of drug-likeness (QED) is 0.685. The molecule has 1 atom stereocenters. The van der Waals surface area contributed by atoms with Crippen LogP contribution in [0.25, 0.3) is 0 Å². The van der Waals surface area contributed by atoms with Gasteiger partial charge in [-0.3, -0.25) is 4.79 Å². The lowest BCUT2D eigenvalue weighted by Crippen LogP contribution is -2.30. The lowest BCUT2D eigenvalue weighted by Gasteiger charge is -2.25. The van der Waals surface area contributed by atoms with E-state index in [1.54, 1.807) is 11.9 Å². The van der Waals surface area contributed by atoms with Crippen LogP contribution in [0.5, 0.6) is 0 Å². The highest BCUT2D eigenvalue weighted by molar-refractivity contribution is 7.97. The highest BCUT2D eigenvalue weighted by atomic mass is 32.2. The van der Waals surface area contributed by atoms with E-state index in [0.717, 1.165) is 34.7 Å². The zero-order valence-corrected chi connectivity index (χ0v) is 17.6. The molecule has 2 heterocycles. The van der Waals surface area contributed by atoms with E-state index in [9.17, 15) is 18.0 Å². The number of hydrogen-bond donors (Lipinski definition) is 1. The number of pyridine rings is 1. The van der Waals surface area contributed by atoms with Crippen LogP contribution in [-0.2, 0) is 17.4 Å². The molecule has 0 radical (unpaired) electrons. The Balaban J connectivity index is 1.68. The second-order valence-corrected chi connectivity index (χ2v) is 8.54. The summed E-state index contributed by atoms with van der Waals surface area (Å²) in [7, 11) is 0. The highest BCUT2D eigenvalue weighted by Crippen LogP contribution is 2.31. The molecule has 1 unspecified atom stereocenters. The summed E-state index contributed by atoms with van der Waals surface area (Å²) in [6, 6.07) is 8.58. The lowest BCUT2D eigenvalue weighted by atomic mass is 10.1. The Hall–Kier alpha value is -2.26. The van der Waals surface area contributed by atoms with Crippen LogP contribution in [0.2, 0.25) is 0 Å². The molecule has 5 nitrogen and oxygen atoms in total. The van der Waals surface area contributed by atoms with Gasteiger partial charge in [-0.2, -0.15) is 13.2 Å². The van der Waals surface area contributed by atoms with Crippen molar-refractivity contribution < 1.29 is 23.1 Å². The van der Waals surface area contributed by atoms with E-state index in [1.807, 2.05) is 30.0 Å². The molecule has 3 rings (SSSR count). The molecule has 2 aromatic rings. The molecule has 9 heteroatoms. The number of carbonyl (C=O) groups is 1. The second kappa shape index (κ2) is 9.26. The molecular formula is C21H24F3N3O2S. The first-order valence-electron chi connectivity index (χ1n) is 9.67. The van der Waals surface area contributed by atoms with Crippen molar-refractivity contribution in [1.29, 1.82) is 0 Å². The molecule has 1 N–H and O–H groups in total. The molecule has 0 aliphatic carbocycles. The van der Waals surface area contributed by atoms with Gasteiger partial charge in [0.25, 0.3) is 0 Å². The Morgan fingerprint density at radius 3 is 2.63 bits per heavy atom. The van der Waals surface area contributed by atoms with E-state index in [-0.39, 0.29) is 12.5 Å². The van der Waals surface area contributed by atoms with Crippen LogP contribution in [-0.4, -0.2) is 46.0 Å². The van der Waals surface area contributed by atoms with Gasteiger partial charge in [0, 0.05) is 36.8 Å². The van der Waals surface area contributed by atoms with Gasteiger partial charge in [-0.25, -0.2) is 9.29 Å². The Morgan fingerprint density at radius 2 is 2.00 bits per heavy atom. The molecule has 1 aromatic carbocycles. The molecule has 1 aromatic heterocycles. The topological polar surface area (TPSA) is 56.7 Å². The van der Waals surface area contributed by atoms with Crippen molar-refractivity contribution in [1.82, 2.24) is 9.29 Å². The van der Waals surface area contributed by atoms with Crippen molar-refractivity contribution in [3.8, 4) is 0 Å². The highest BCUT2D eigenvalue weighted by Gasteiger charge is 2.31. The summed E-state index contributed by atoms with van der Waals surface area (Å²) in [5.41, 5.74) is 0.999. The predicted molar refractivity (Wildman–Crippen MR) is 111 cm³/mol. The number of nitrogens with zero attached hydrogens (tertiary/aromatic N) is 3. The Kier molecular flexibility index (Phi) is 6.92. The van der Waals surface area contributed by atoms with E-state index in [0.29, 0.717) is 25.5 Å². The van der Waals surface area contributed by atoms with Gasteiger partial charge in [0.15, 0.2) is 0 Å². The molecule has 1 aliphatic rings. The number of aromatic nitrogens is 1. The maximum Gasteiger partial charge on any atom is 0.417 e. The third kappa shape index (κ3) is 5.66. The average Bonchev–Trinajstić information content (AvgIpc) is 2.85. The Morgan fingerprint density at radius 1 is 1.23 bits per heavy atom. The standard InChI is InChI=1S/C21H24F3N3O2S/c1-14-3-5-18(11-16(14)12-20(28)29)30-27-10-9-26(8-7-15(27)2)19-6-4-17(13-25-19)21(22,23)24/h3-6,11,13,15H,7-10,12H2,1-2H3,(H,28,29). The van der Waals surface area contributed by atoms with Crippen molar-refractivity contribution in [2.24, 2.45) is 0 Å². The van der Waals surface area contributed by atoms with Gasteiger partial charge in [0.2, 0.25) is 0 Å².